The number of hydrogen-bond acceptors (Lipinski definition) is 5. The van der Waals surface area contributed by atoms with Gasteiger partial charge in [0.05, 0.1) is 6.54 Å². The number of rotatable bonds is 5. The van der Waals surface area contributed by atoms with E-state index in [1.807, 2.05) is 0 Å². The highest BCUT2D eigenvalue weighted by Crippen LogP contribution is 2.18. The van der Waals surface area contributed by atoms with E-state index in [2.05, 4.69) is 15.0 Å². The number of carbonyl (C=O) groups is 2. The topological polar surface area (TPSA) is 115 Å². The highest BCUT2D eigenvalue weighted by atomic mass is 16.5. The van der Waals surface area contributed by atoms with Crippen LogP contribution in [0.5, 0.6) is 0 Å². The molecule has 0 atom stereocenters. The van der Waals surface area contributed by atoms with Gasteiger partial charge in [0.25, 0.3) is 0 Å². The molecule has 7 heteroatoms. The second kappa shape index (κ2) is 5.85. The average Bonchev–Trinajstić information content (AvgIpc) is 2.22. The number of carbonyl (C=O) groups excluding carboxylic acids is 1. The predicted octanol–water partition coefficient (Wildman–Crippen LogP) is 0.904. The normalized spacial score (nSPS) is 9.89. The summed E-state index contributed by atoms with van der Waals surface area (Å²) in [6.07, 6.45) is -0.872. The number of anilines is 1. The number of ether oxygens (including phenoxy) is 1. The minimum atomic E-state index is -1.06. The molecular weight excluding hydrogens is 238 g/mol. The van der Waals surface area contributed by atoms with Crippen molar-refractivity contribution in [1.82, 2.24) is 4.98 Å². The van der Waals surface area contributed by atoms with Gasteiger partial charge in [-0.25, -0.2) is 14.6 Å². The summed E-state index contributed by atoms with van der Waals surface area (Å²) in [6, 6.07) is 1.69. The van der Waals surface area contributed by atoms with Crippen molar-refractivity contribution in [3.8, 4) is 0 Å². The molecule has 0 saturated heterocycles. The molecule has 0 saturated carbocycles. The van der Waals surface area contributed by atoms with Crippen LogP contribution in [0.3, 0.4) is 0 Å². The Morgan fingerprint density at radius 2 is 2.17 bits per heavy atom. The Labute approximate surface area is 104 Å². The van der Waals surface area contributed by atoms with Gasteiger partial charge in [0.15, 0.2) is 0 Å². The first-order valence-corrected chi connectivity index (χ1v) is 5.29. The van der Waals surface area contributed by atoms with Crippen molar-refractivity contribution >= 4 is 17.9 Å². The maximum absolute atomic E-state index is 11.1. The highest BCUT2D eigenvalue weighted by Gasteiger charge is 2.15. The smallest absolute Gasteiger partial charge is 0.404 e. The first kappa shape index (κ1) is 13.8. The maximum atomic E-state index is 11.1. The number of carboxylic acids is 1. The number of nitrogens with zero attached hydrogens (tertiary/aromatic N) is 1. The molecule has 1 amide bonds. The lowest BCUT2D eigenvalue weighted by Crippen LogP contribution is -2.20. The molecule has 0 bridgehead atoms. The summed E-state index contributed by atoms with van der Waals surface area (Å²) in [5.41, 5.74) is 6.23. The third-order valence-electron chi connectivity index (χ3n) is 2.20. The number of nitrogens with one attached hydrogen (secondary N) is 1. The molecule has 98 valence electrons. The van der Waals surface area contributed by atoms with Gasteiger partial charge in [-0.15, -0.1) is 0 Å². The molecular formula is C11H15N3O4. The number of nitrogens with two attached hydrogens (primary N) is 1. The van der Waals surface area contributed by atoms with E-state index < -0.39 is 12.1 Å². The Balaban J connectivity index is 2.80. The van der Waals surface area contributed by atoms with Gasteiger partial charge in [-0.3, -0.25) is 0 Å². The van der Waals surface area contributed by atoms with Crippen molar-refractivity contribution in [1.29, 1.82) is 0 Å². The van der Waals surface area contributed by atoms with Crippen LogP contribution in [-0.4, -0.2) is 35.3 Å². The Morgan fingerprint density at radius 1 is 1.50 bits per heavy atom. The van der Waals surface area contributed by atoms with Gasteiger partial charge < -0.3 is 20.9 Å². The first-order chi connectivity index (χ1) is 8.41. The van der Waals surface area contributed by atoms with E-state index in [9.17, 15) is 9.59 Å². The molecule has 0 aliphatic rings. The standard InChI is InChI=1S/C11H15N3O4/c1-6-5-7(2)14-9(8(6)10(15)16)13-3-4-18-11(12)17/h5H,3-4H2,1-2H3,(H2,12,17)(H,13,14)(H,15,16). The number of primary amides is 1. The van der Waals surface area contributed by atoms with E-state index in [-0.39, 0.29) is 24.5 Å². The zero-order valence-electron chi connectivity index (χ0n) is 10.2. The molecule has 0 unspecified atom stereocenters. The number of aromatic carboxylic acids is 1. The molecule has 0 fully saturated rings. The third kappa shape index (κ3) is 3.62. The molecule has 0 aliphatic carbocycles. The number of hydrogen-bond donors (Lipinski definition) is 3. The van der Waals surface area contributed by atoms with Crippen molar-refractivity contribution in [2.45, 2.75) is 13.8 Å². The fourth-order valence-electron chi connectivity index (χ4n) is 1.56. The van der Waals surface area contributed by atoms with Crippen molar-refractivity contribution in [3.05, 3.63) is 22.9 Å². The fraction of sp³-hybridized carbons (Fsp3) is 0.364. The van der Waals surface area contributed by atoms with E-state index in [0.717, 1.165) is 0 Å². The van der Waals surface area contributed by atoms with E-state index >= 15 is 0 Å². The number of aromatic nitrogens is 1. The summed E-state index contributed by atoms with van der Waals surface area (Å²) in [5.74, 6) is -0.800. The number of carboxylic acid groups (broad SMARTS) is 1. The Bertz CT molecular complexity index is 474. The first-order valence-electron chi connectivity index (χ1n) is 5.29. The van der Waals surface area contributed by atoms with Gasteiger partial charge in [-0.05, 0) is 25.5 Å². The second-order valence-electron chi connectivity index (χ2n) is 3.70. The largest absolute Gasteiger partial charge is 0.478 e. The molecule has 0 radical (unpaired) electrons. The minimum absolute atomic E-state index is 0.0447. The monoisotopic (exact) mass is 253 g/mol. The molecule has 1 aromatic heterocycles. The number of amides is 1. The van der Waals surface area contributed by atoms with Crippen LogP contribution in [0.4, 0.5) is 10.6 Å². The van der Waals surface area contributed by atoms with Crippen molar-refractivity contribution in [2.24, 2.45) is 5.73 Å². The summed E-state index contributed by atoms with van der Waals surface area (Å²) >= 11 is 0. The molecule has 0 spiro atoms. The Kier molecular flexibility index (Phi) is 4.47. The lowest BCUT2D eigenvalue weighted by Gasteiger charge is -2.11. The van der Waals surface area contributed by atoms with Gasteiger partial charge in [-0.2, -0.15) is 0 Å². The molecule has 1 rings (SSSR count). The SMILES string of the molecule is Cc1cc(C)c(C(=O)O)c(NCCOC(N)=O)n1. The van der Waals surface area contributed by atoms with E-state index in [0.29, 0.717) is 11.3 Å². The Morgan fingerprint density at radius 3 is 2.72 bits per heavy atom. The molecule has 0 aromatic carbocycles. The van der Waals surface area contributed by atoms with E-state index in [1.165, 1.54) is 0 Å². The molecule has 4 N–H and O–H groups in total. The second-order valence-corrected chi connectivity index (χ2v) is 3.70. The van der Waals surface area contributed by atoms with Crippen LogP contribution < -0.4 is 11.1 Å². The van der Waals surface area contributed by atoms with Gasteiger partial charge >= 0.3 is 12.1 Å². The average molecular weight is 253 g/mol. The molecule has 1 heterocycles. The molecule has 18 heavy (non-hydrogen) atoms. The lowest BCUT2D eigenvalue weighted by atomic mass is 10.1. The quantitative estimate of drug-likeness (QED) is 0.672. The van der Waals surface area contributed by atoms with Gasteiger partial charge in [0.1, 0.15) is 18.0 Å². The van der Waals surface area contributed by atoms with Crippen molar-refractivity contribution in [2.75, 3.05) is 18.5 Å². The Hall–Kier alpha value is -2.31. The third-order valence-corrected chi connectivity index (χ3v) is 2.20. The van der Waals surface area contributed by atoms with Crippen molar-refractivity contribution in [3.63, 3.8) is 0 Å². The summed E-state index contributed by atoms with van der Waals surface area (Å²) in [6.45, 7) is 3.75. The van der Waals surface area contributed by atoms with Crippen LogP contribution in [0.1, 0.15) is 21.6 Å². The zero-order valence-corrected chi connectivity index (χ0v) is 10.2. The van der Waals surface area contributed by atoms with Gasteiger partial charge in [0.2, 0.25) is 0 Å². The van der Waals surface area contributed by atoms with Crippen molar-refractivity contribution < 1.29 is 19.4 Å². The fourth-order valence-corrected chi connectivity index (χ4v) is 1.56. The summed E-state index contributed by atoms with van der Waals surface area (Å²) in [5, 5.41) is 11.9. The van der Waals surface area contributed by atoms with E-state index in [4.69, 9.17) is 10.8 Å². The predicted molar refractivity (Wildman–Crippen MR) is 64.7 cm³/mol. The summed E-state index contributed by atoms with van der Waals surface area (Å²) in [4.78, 5) is 25.6. The minimum Gasteiger partial charge on any atom is -0.478 e. The van der Waals surface area contributed by atoms with E-state index in [1.54, 1.807) is 19.9 Å². The zero-order chi connectivity index (χ0) is 13.7. The lowest BCUT2D eigenvalue weighted by molar-refractivity contribution is 0.0696. The van der Waals surface area contributed by atoms with Gasteiger partial charge in [-0.1, -0.05) is 0 Å². The summed E-state index contributed by atoms with van der Waals surface area (Å²) < 4.78 is 4.53. The maximum Gasteiger partial charge on any atom is 0.404 e. The van der Waals surface area contributed by atoms with Gasteiger partial charge in [0, 0.05) is 5.69 Å². The molecule has 0 aliphatic heterocycles. The van der Waals surface area contributed by atoms with Crippen LogP contribution in [-0.2, 0) is 4.74 Å². The number of aryl methyl sites for hydroxylation is 2. The highest BCUT2D eigenvalue weighted by molar-refractivity contribution is 5.94. The molecule has 7 nitrogen and oxygen atoms in total. The summed E-state index contributed by atoms with van der Waals surface area (Å²) in [7, 11) is 0. The van der Waals surface area contributed by atoms with Crippen LogP contribution in [0.2, 0.25) is 0 Å². The number of pyridine rings is 1. The van der Waals surface area contributed by atoms with Crippen LogP contribution in [0, 0.1) is 13.8 Å². The van der Waals surface area contributed by atoms with Crippen LogP contribution in [0.25, 0.3) is 0 Å². The molecule has 1 aromatic rings. The van der Waals surface area contributed by atoms with Crippen LogP contribution in [0.15, 0.2) is 6.07 Å². The van der Waals surface area contributed by atoms with Crippen LogP contribution >= 0.6 is 0 Å².